The van der Waals surface area contributed by atoms with Crippen LogP contribution in [0.1, 0.15) is 11.3 Å². The molecule has 1 N–H and O–H groups in total. The van der Waals surface area contributed by atoms with Gasteiger partial charge in [0.2, 0.25) is 0 Å². The molecule has 0 aliphatic heterocycles. The molecule has 0 spiro atoms. The number of pyridine rings is 1. The maximum absolute atomic E-state index is 10.6. The summed E-state index contributed by atoms with van der Waals surface area (Å²) < 4.78 is 5.27. The molecule has 1 aromatic heterocycles. The number of hydrogen-bond acceptors (Lipinski definition) is 3. The molecule has 5 heteroatoms. The van der Waals surface area contributed by atoms with Crippen molar-refractivity contribution in [3.8, 4) is 5.75 Å². The zero-order chi connectivity index (χ0) is 13.3. The highest BCUT2D eigenvalue weighted by atomic mass is 35.5. The molecule has 0 amide bonds. The van der Waals surface area contributed by atoms with Gasteiger partial charge in [0.25, 0.3) is 0 Å². The second-order valence-electron chi connectivity index (χ2n) is 4.03. The van der Waals surface area contributed by atoms with Gasteiger partial charge in [-0.3, -0.25) is 4.98 Å². The van der Waals surface area contributed by atoms with Crippen LogP contribution < -0.4 is 4.74 Å². The fraction of sp³-hybridized carbons (Fsp3) is 0.231. The maximum atomic E-state index is 10.6. The summed E-state index contributed by atoms with van der Waals surface area (Å²) in [6.45, 7) is 3.35. The molecule has 2 rings (SSSR count). The second kappa shape index (κ2) is 4.82. The third-order valence-electron chi connectivity index (χ3n) is 2.55. The summed E-state index contributed by atoms with van der Waals surface area (Å²) in [5, 5.41) is 9.83. The molecule has 0 saturated carbocycles. The smallest absolute Gasteiger partial charge is 0.341 e. The molecule has 0 unspecified atom stereocenters. The van der Waals surface area contributed by atoms with Gasteiger partial charge in [-0.05, 0) is 25.5 Å². The Bertz CT molecular complexity index is 625. The van der Waals surface area contributed by atoms with E-state index in [-0.39, 0.29) is 0 Å². The van der Waals surface area contributed by atoms with Crippen LogP contribution in [-0.2, 0) is 4.79 Å². The number of carbonyl (C=O) groups is 1. The molecule has 94 valence electrons. The van der Waals surface area contributed by atoms with Crippen LogP contribution in [0.2, 0.25) is 5.02 Å². The summed E-state index contributed by atoms with van der Waals surface area (Å²) in [5.41, 5.74) is 2.47. The number of aryl methyl sites for hydroxylation is 2. The number of aliphatic carboxylic acids is 1. The molecule has 0 saturated heterocycles. The van der Waals surface area contributed by atoms with E-state index in [4.69, 9.17) is 21.4 Å². The number of ether oxygens (including phenoxy) is 1. The molecule has 4 nitrogen and oxygen atoms in total. The van der Waals surface area contributed by atoms with E-state index in [1.807, 2.05) is 19.9 Å². The number of fused-ring (bicyclic) bond motifs is 1. The number of carboxylic acid groups (broad SMARTS) is 1. The van der Waals surface area contributed by atoms with Gasteiger partial charge in [0.05, 0.1) is 15.9 Å². The van der Waals surface area contributed by atoms with Crippen LogP contribution in [0.5, 0.6) is 5.75 Å². The predicted molar refractivity (Wildman–Crippen MR) is 69.4 cm³/mol. The van der Waals surface area contributed by atoms with Crippen molar-refractivity contribution in [1.82, 2.24) is 4.98 Å². The quantitative estimate of drug-likeness (QED) is 0.927. The van der Waals surface area contributed by atoms with Gasteiger partial charge in [-0.25, -0.2) is 4.79 Å². The SMILES string of the molecule is Cc1cc(OCC(=O)O)c2c(Cl)ccc(C)c2n1. The van der Waals surface area contributed by atoms with Crippen LogP contribution in [-0.4, -0.2) is 22.7 Å². The lowest BCUT2D eigenvalue weighted by molar-refractivity contribution is -0.139. The van der Waals surface area contributed by atoms with E-state index in [2.05, 4.69) is 4.98 Å². The zero-order valence-corrected chi connectivity index (χ0v) is 10.8. The van der Waals surface area contributed by atoms with E-state index in [1.54, 1.807) is 12.1 Å². The number of aromatic nitrogens is 1. The van der Waals surface area contributed by atoms with Gasteiger partial charge in [-0.2, -0.15) is 0 Å². The minimum absolute atomic E-state index is 0.400. The van der Waals surface area contributed by atoms with Crippen molar-refractivity contribution in [1.29, 1.82) is 0 Å². The van der Waals surface area contributed by atoms with Crippen molar-refractivity contribution in [2.24, 2.45) is 0 Å². The van der Waals surface area contributed by atoms with Crippen molar-refractivity contribution in [2.75, 3.05) is 6.61 Å². The Morgan fingerprint density at radius 3 is 2.83 bits per heavy atom. The van der Waals surface area contributed by atoms with E-state index in [1.165, 1.54) is 0 Å². The van der Waals surface area contributed by atoms with Crippen molar-refractivity contribution in [2.45, 2.75) is 13.8 Å². The molecule has 18 heavy (non-hydrogen) atoms. The van der Waals surface area contributed by atoms with Gasteiger partial charge in [0, 0.05) is 11.8 Å². The van der Waals surface area contributed by atoms with Gasteiger partial charge < -0.3 is 9.84 Å². The van der Waals surface area contributed by atoms with Crippen LogP contribution in [0.4, 0.5) is 0 Å². The standard InChI is InChI=1S/C13H12ClNO3/c1-7-3-4-9(14)12-10(18-6-11(16)17)5-8(2)15-13(7)12/h3-5H,6H2,1-2H3,(H,16,17). The van der Waals surface area contributed by atoms with Gasteiger partial charge in [0.15, 0.2) is 6.61 Å². The highest BCUT2D eigenvalue weighted by molar-refractivity contribution is 6.36. The fourth-order valence-corrected chi connectivity index (χ4v) is 2.02. The summed E-state index contributed by atoms with van der Waals surface area (Å²) in [7, 11) is 0. The third-order valence-corrected chi connectivity index (χ3v) is 2.87. The molecule has 0 aliphatic rings. The number of rotatable bonds is 3. The molecule has 2 aromatic rings. The van der Waals surface area contributed by atoms with Crippen molar-refractivity contribution >= 4 is 28.5 Å². The van der Waals surface area contributed by atoms with Crippen LogP contribution in [0.3, 0.4) is 0 Å². The van der Waals surface area contributed by atoms with Crippen molar-refractivity contribution in [3.63, 3.8) is 0 Å². The van der Waals surface area contributed by atoms with Gasteiger partial charge in [-0.15, -0.1) is 0 Å². The summed E-state index contributed by atoms with van der Waals surface area (Å²) in [4.78, 5) is 15.0. The first kappa shape index (κ1) is 12.6. The lowest BCUT2D eigenvalue weighted by Crippen LogP contribution is -2.10. The Morgan fingerprint density at radius 2 is 2.17 bits per heavy atom. The lowest BCUT2D eigenvalue weighted by atomic mass is 10.1. The molecule has 1 heterocycles. The van der Waals surface area contributed by atoms with Gasteiger partial charge >= 0.3 is 5.97 Å². The van der Waals surface area contributed by atoms with Crippen molar-refractivity contribution in [3.05, 3.63) is 34.5 Å². The molecule has 0 radical (unpaired) electrons. The van der Waals surface area contributed by atoms with E-state index >= 15 is 0 Å². The molecule has 0 fully saturated rings. The van der Waals surface area contributed by atoms with Crippen LogP contribution >= 0.6 is 11.6 Å². The average molecular weight is 266 g/mol. The highest BCUT2D eigenvalue weighted by Crippen LogP contribution is 2.33. The van der Waals surface area contributed by atoms with Crippen LogP contribution in [0, 0.1) is 13.8 Å². The normalized spacial score (nSPS) is 10.6. The first-order chi connectivity index (χ1) is 8.49. The first-order valence-electron chi connectivity index (χ1n) is 5.40. The minimum Gasteiger partial charge on any atom is -0.481 e. The summed E-state index contributed by atoms with van der Waals surface area (Å²) in [6, 6.07) is 5.32. The summed E-state index contributed by atoms with van der Waals surface area (Å²) >= 11 is 6.13. The van der Waals surface area contributed by atoms with Gasteiger partial charge in [-0.1, -0.05) is 17.7 Å². The summed E-state index contributed by atoms with van der Waals surface area (Å²) in [6.07, 6.45) is 0. The maximum Gasteiger partial charge on any atom is 0.341 e. The van der Waals surface area contributed by atoms with E-state index in [9.17, 15) is 4.79 Å². The third kappa shape index (κ3) is 2.38. The molecule has 1 aromatic carbocycles. The topological polar surface area (TPSA) is 59.4 Å². The highest BCUT2D eigenvalue weighted by Gasteiger charge is 2.12. The number of hydrogen-bond donors (Lipinski definition) is 1. The summed E-state index contributed by atoms with van der Waals surface area (Å²) in [5.74, 6) is -0.574. The minimum atomic E-state index is -1.03. The van der Waals surface area contributed by atoms with E-state index < -0.39 is 12.6 Å². The largest absolute Gasteiger partial charge is 0.481 e. The second-order valence-corrected chi connectivity index (χ2v) is 4.44. The van der Waals surface area contributed by atoms with Crippen LogP contribution in [0.15, 0.2) is 18.2 Å². The molecule has 0 atom stereocenters. The Hall–Kier alpha value is -1.81. The fourth-order valence-electron chi connectivity index (χ4n) is 1.77. The Morgan fingerprint density at radius 1 is 1.44 bits per heavy atom. The van der Waals surface area contributed by atoms with Crippen molar-refractivity contribution < 1.29 is 14.6 Å². The predicted octanol–water partition coefficient (Wildman–Crippen LogP) is 2.97. The Labute approximate surface area is 109 Å². The lowest BCUT2D eigenvalue weighted by Gasteiger charge is -2.11. The average Bonchev–Trinajstić information content (AvgIpc) is 2.30. The zero-order valence-electron chi connectivity index (χ0n) is 10.0. The Kier molecular flexibility index (Phi) is 3.39. The molecular formula is C13H12ClNO3. The molecular weight excluding hydrogens is 254 g/mol. The molecule has 0 aliphatic carbocycles. The number of halogens is 1. The molecule has 0 bridgehead atoms. The first-order valence-corrected chi connectivity index (χ1v) is 5.78. The van der Waals surface area contributed by atoms with E-state index in [0.29, 0.717) is 16.2 Å². The van der Waals surface area contributed by atoms with Crippen LogP contribution in [0.25, 0.3) is 10.9 Å². The van der Waals surface area contributed by atoms with Gasteiger partial charge in [0.1, 0.15) is 5.75 Å². The number of carboxylic acids is 1. The Balaban J connectivity index is 2.64. The number of benzene rings is 1. The monoisotopic (exact) mass is 265 g/mol. The van der Waals surface area contributed by atoms with E-state index in [0.717, 1.165) is 16.8 Å². The number of nitrogens with zero attached hydrogens (tertiary/aromatic N) is 1.